The number of carboxylic acid groups (broad SMARTS) is 1. The van der Waals surface area contributed by atoms with Crippen LogP contribution < -0.4 is 4.90 Å². The first-order valence-corrected chi connectivity index (χ1v) is 6.76. The first-order valence-electron chi connectivity index (χ1n) is 6.76. The minimum absolute atomic E-state index is 0.0546. The van der Waals surface area contributed by atoms with Crippen molar-refractivity contribution in [3.63, 3.8) is 0 Å². The summed E-state index contributed by atoms with van der Waals surface area (Å²) in [6, 6.07) is 8.25. The molecular formula is C15H22N2O3. The first kappa shape index (κ1) is 14.8. The Kier molecular flexibility index (Phi) is 4.62. The first-order chi connectivity index (χ1) is 9.49. The maximum absolute atomic E-state index is 11.2. The Morgan fingerprint density at radius 1 is 1.25 bits per heavy atom. The van der Waals surface area contributed by atoms with Crippen LogP contribution in [0.3, 0.4) is 0 Å². The average Bonchev–Trinajstić information content (AvgIpc) is 2.88. The third-order valence-electron chi connectivity index (χ3n) is 3.82. The molecule has 1 aliphatic heterocycles. The third-order valence-corrected chi connectivity index (χ3v) is 3.82. The second kappa shape index (κ2) is 6.24. The second-order valence-corrected chi connectivity index (χ2v) is 5.53. The van der Waals surface area contributed by atoms with E-state index in [4.69, 9.17) is 4.74 Å². The van der Waals surface area contributed by atoms with Gasteiger partial charge in [-0.3, -0.25) is 9.69 Å². The molecule has 110 valence electrons. The van der Waals surface area contributed by atoms with Gasteiger partial charge in [-0.25, -0.2) is 0 Å². The molecule has 0 aliphatic carbocycles. The van der Waals surface area contributed by atoms with Gasteiger partial charge in [-0.1, -0.05) is 12.1 Å². The molecule has 1 heterocycles. The Bertz CT molecular complexity index is 459. The van der Waals surface area contributed by atoms with Gasteiger partial charge in [-0.2, -0.15) is 0 Å². The van der Waals surface area contributed by atoms with Crippen LogP contribution in [0, 0.1) is 5.92 Å². The minimum Gasteiger partial charge on any atom is -0.481 e. The Balaban J connectivity index is 2.00. The summed E-state index contributed by atoms with van der Waals surface area (Å²) < 4.78 is 5.31. The molecule has 5 heteroatoms. The highest BCUT2D eigenvalue weighted by Gasteiger charge is 2.36. The lowest BCUT2D eigenvalue weighted by atomic mass is 10.0. The summed E-state index contributed by atoms with van der Waals surface area (Å²) in [5, 5.41) is 9.18. The molecule has 0 spiro atoms. The maximum atomic E-state index is 11.2. The number of hydrogen-bond acceptors (Lipinski definition) is 4. The van der Waals surface area contributed by atoms with E-state index in [0.29, 0.717) is 13.2 Å². The zero-order valence-electron chi connectivity index (χ0n) is 12.2. The normalized spacial score (nSPS) is 22.2. The molecule has 0 aromatic heterocycles. The zero-order valence-corrected chi connectivity index (χ0v) is 12.2. The number of nitrogens with zero attached hydrogens (tertiary/aromatic N) is 2. The Labute approximate surface area is 119 Å². The molecule has 20 heavy (non-hydrogen) atoms. The number of hydrogen-bond donors (Lipinski definition) is 1. The van der Waals surface area contributed by atoms with E-state index >= 15 is 0 Å². The van der Waals surface area contributed by atoms with Gasteiger partial charge in [0.2, 0.25) is 0 Å². The summed E-state index contributed by atoms with van der Waals surface area (Å²) in [6.45, 7) is 1.53. The summed E-state index contributed by atoms with van der Waals surface area (Å²) in [5.74, 6) is -1.21. The molecule has 2 atom stereocenters. The Morgan fingerprint density at radius 3 is 2.45 bits per heavy atom. The monoisotopic (exact) mass is 278 g/mol. The molecule has 0 saturated carbocycles. The quantitative estimate of drug-likeness (QED) is 0.879. The van der Waals surface area contributed by atoms with Gasteiger partial charge >= 0.3 is 5.97 Å². The lowest BCUT2D eigenvalue weighted by molar-refractivity contribution is -0.143. The van der Waals surface area contributed by atoms with Crippen molar-refractivity contribution < 1.29 is 14.6 Å². The van der Waals surface area contributed by atoms with E-state index in [1.54, 1.807) is 0 Å². The molecule has 1 aromatic carbocycles. The molecule has 0 radical (unpaired) electrons. The fraction of sp³-hybridized carbons (Fsp3) is 0.533. The van der Waals surface area contributed by atoms with Crippen LogP contribution in [0.2, 0.25) is 0 Å². The molecule has 5 nitrogen and oxygen atoms in total. The van der Waals surface area contributed by atoms with Gasteiger partial charge in [0, 0.05) is 32.4 Å². The molecule has 1 N–H and O–H groups in total. The predicted octanol–water partition coefficient (Wildman–Crippen LogP) is 1.28. The lowest BCUT2D eigenvalue weighted by Gasteiger charge is -2.26. The van der Waals surface area contributed by atoms with Gasteiger partial charge < -0.3 is 14.7 Å². The summed E-state index contributed by atoms with van der Waals surface area (Å²) >= 11 is 0. The number of rotatable bonds is 5. The minimum atomic E-state index is -0.776. The van der Waals surface area contributed by atoms with Gasteiger partial charge in [-0.15, -0.1) is 0 Å². The molecule has 1 saturated heterocycles. The van der Waals surface area contributed by atoms with Gasteiger partial charge in [0.25, 0.3) is 0 Å². The third kappa shape index (κ3) is 3.29. The number of carbonyl (C=O) groups is 1. The van der Waals surface area contributed by atoms with E-state index in [2.05, 4.69) is 34.1 Å². The Morgan fingerprint density at radius 2 is 1.90 bits per heavy atom. The average molecular weight is 278 g/mol. The molecule has 2 rings (SSSR count). The van der Waals surface area contributed by atoms with E-state index in [-0.39, 0.29) is 6.04 Å². The molecular weight excluding hydrogens is 256 g/mol. The number of anilines is 1. The van der Waals surface area contributed by atoms with Gasteiger partial charge in [0.1, 0.15) is 0 Å². The number of aliphatic carboxylic acids is 1. The highest BCUT2D eigenvalue weighted by Crippen LogP contribution is 2.21. The zero-order chi connectivity index (χ0) is 14.7. The fourth-order valence-corrected chi connectivity index (χ4v) is 2.52. The van der Waals surface area contributed by atoms with Crippen LogP contribution in [0.1, 0.15) is 5.56 Å². The van der Waals surface area contributed by atoms with Crippen molar-refractivity contribution in [2.75, 3.05) is 39.3 Å². The smallest absolute Gasteiger partial charge is 0.310 e. The molecule has 1 aliphatic rings. The van der Waals surface area contributed by atoms with Gasteiger partial charge in [-0.05, 0) is 24.7 Å². The summed E-state index contributed by atoms with van der Waals surface area (Å²) in [4.78, 5) is 15.3. The number of ether oxygens (including phenoxy) is 1. The maximum Gasteiger partial charge on any atom is 0.310 e. The number of carboxylic acids is 1. The highest BCUT2D eigenvalue weighted by molar-refractivity contribution is 5.71. The topological polar surface area (TPSA) is 53.0 Å². The standard InChI is InChI=1S/C15H22N2O3/c1-16(2)12-6-4-11(5-7-12)8-17(3)14-10-20-9-13(14)15(18)19/h4-7,13-14H,8-10H2,1-3H3,(H,18,19). The lowest BCUT2D eigenvalue weighted by Crippen LogP contribution is -2.40. The largest absolute Gasteiger partial charge is 0.481 e. The van der Waals surface area contributed by atoms with Crippen molar-refractivity contribution in [2.24, 2.45) is 5.92 Å². The van der Waals surface area contributed by atoms with Crippen molar-refractivity contribution in [1.29, 1.82) is 0 Å². The van der Waals surface area contributed by atoms with Crippen molar-refractivity contribution in [1.82, 2.24) is 4.90 Å². The van der Waals surface area contributed by atoms with E-state index in [1.807, 2.05) is 21.1 Å². The highest BCUT2D eigenvalue weighted by atomic mass is 16.5. The van der Waals surface area contributed by atoms with Crippen molar-refractivity contribution >= 4 is 11.7 Å². The molecule has 2 unspecified atom stereocenters. The van der Waals surface area contributed by atoms with Crippen molar-refractivity contribution in [3.05, 3.63) is 29.8 Å². The summed E-state index contributed by atoms with van der Waals surface area (Å²) in [6.07, 6.45) is 0. The van der Waals surface area contributed by atoms with Crippen LogP contribution in [0.4, 0.5) is 5.69 Å². The van der Waals surface area contributed by atoms with Crippen LogP contribution in [-0.4, -0.2) is 56.4 Å². The number of benzene rings is 1. The van der Waals surface area contributed by atoms with Gasteiger partial charge in [0.15, 0.2) is 0 Å². The molecule has 0 amide bonds. The van der Waals surface area contributed by atoms with E-state index in [9.17, 15) is 9.90 Å². The Hall–Kier alpha value is -1.59. The second-order valence-electron chi connectivity index (χ2n) is 5.53. The summed E-state index contributed by atoms with van der Waals surface area (Å²) in [5.41, 5.74) is 2.33. The van der Waals surface area contributed by atoms with E-state index in [1.165, 1.54) is 5.56 Å². The molecule has 1 aromatic rings. The van der Waals surface area contributed by atoms with Crippen LogP contribution in [-0.2, 0) is 16.1 Å². The number of likely N-dealkylation sites (N-methyl/N-ethyl adjacent to an activating group) is 1. The SMILES string of the molecule is CN(C)c1ccc(CN(C)C2COCC2C(=O)O)cc1. The van der Waals surface area contributed by atoms with Crippen LogP contribution in [0.25, 0.3) is 0 Å². The van der Waals surface area contributed by atoms with Crippen molar-refractivity contribution in [2.45, 2.75) is 12.6 Å². The van der Waals surface area contributed by atoms with E-state index in [0.717, 1.165) is 12.2 Å². The van der Waals surface area contributed by atoms with Crippen LogP contribution in [0.15, 0.2) is 24.3 Å². The fourth-order valence-electron chi connectivity index (χ4n) is 2.52. The van der Waals surface area contributed by atoms with Crippen LogP contribution >= 0.6 is 0 Å². The summed E-state index contributed by atoms with van der Waals surface area (Å²) in [7, 11) is 5.97. The van der Waals surface area contributed by atoms with E-state index < -0.39 is 11.9 Å². The predicted molar refractivity (Wildman–Crippen MR) is 78.0 cm³/mol. The molecule has 0 bridgehead atoms. The molecule has 1 fully saturated rings. The van der Waals surface area contributed by atoms with Crippen LogP contribution in [0.5, 0.6) is 0 Å². The van der Waals surface area contributed by atoms with Gasteiger partial charge in [0.05, 0.1) is 19.1 Å². The van der Waals surface area contributed by atoms with Crippen molar-refractivity contribution in [3.8, 4) is 0 Å².